The zero-order valence-electron chi connectivity index (χ0n) is 13.4. The number of nitriles is 2. The number of amides is 1. The van der Waals surface area contributed by atoms with Gasteiger partial charge < -0.3 is 16.0 Å². The summed E-state index contributed by atoms with van der Waals surface area (Å²) in [7, 11) is 0. The van der Waals surface area contributed by atoms with E-state index < -0.39 is 0 Å². The van der Waals surface area contributed by atoms with Crippen molar-refractivity contribution in [1.82, 2.24) is 9.80 Å². The number of carbonyl (C=O) groups excluding carboxylic acids is 1. The predicted octanol–water partition coefficient (Wildman–Crippen LogP) is 0.481. The van der Waals surface area contributed by atoms with E-state index in [1.165, 1.54) is 6.20 Å². The fourth-order valence-corrected chi connectivity index (χ4v) is 2.47. The Morgan fingerprint density at radius 2 is 1.88 bits per heavy atom. The van der Waals surface area contributed by atoms with Crippen LogP contribution in [0.1, 0.15) is 5.56 Å². The topological polar surface area (TPSA) is 109 Å². The average Bonchev–Trinajstić information content (AvgIpc) is 2.63. The number of hydrogen-bond donors (Lipinski definition) is 2. The molecule has 1 saturated heterocycles. The van der Waals surface area contributed by atoms with Crippen LogP contribution in [0.3, 0.4) is 0 Å². The first-order valence-electron chi connectivity index (χ1n) is 7.76. The predicted molar refractivity (Wildman–Crippen MR) is 90.6 cm³/mol. The molecule has 0 saturated carbocycles. The van der Waals surface area contributed by atoms with Gasteiger partial charge in [-0.25, -0.2) is 0 Å². The van der Waals surface area contributed by atoms with Crippen molar-refractivity contribution in [3.05, 3.63) is 41.6 Å². The van der Waals surface area contributed by atoms with Crippen molar-refractivity contribution in [1.29, 1.82) is 10.5 Å². The monoisotopic (exact) mass is 324 g/mol. The van der Waals surface area contributed by atoms with E-state index in [0.717, 1.165) is 19.6 Å². The Kier molecular flexibility index (Phi) is 6.32. The van der Waals surface area contributed by atoms with Crippen LogP contribution >= 0.6 is 0 Å². The van der Waals surface area contributed by atoms with Gasteiger partial charge in [0.1, 0.15) is 11.6 Å². The van der Waals surface area contributed by atoms with Gasteiger partial charge in [0.05, 0.1) is 11.6 Å². The highest BCUT2D eigenvalue weighted by Gasteiger charge is 2.23. The van der Waals surface area contributed by atoms with Crippen molar-refractivity contribution in [3.63, 3.8) is 0 Å². The lowest BCUT2D eigenvalue weighted by Crippen LogP contribution is -2.50. The van der Waals surface area contributed by atoms with Crippen LogP contribution in [0, 0.1) is 22.7 Å². The zero-order valence-corrected chi connectivity index (χ0v) is 13.4. The first kappa shape index (κ1) is 17.5. The van der Waals surface area contributed by atoms with Crippen molar-refractivity contribution in [2.24, 2.45) is 5.73 Å². The second-order valence-corrected chi connectivity index (χ2v) is 5.43. The standard InChI is InChI=1S/C17H20N6O/c18-5-6-22-7-9-23(10-8-22)17(24)15(12-20)13-21-16-3-1-14(11-19)2-4-16/h1-4,13,21H,5-10,18H2/b15-13-. The average molecular weight is 324 g/mol. The maximum absolute atomic E-state index is 12.4. The van der Waals surface area contributed by atoms with E-state index in [1.807, 2.05) is 12.1 Å². The van der Waals surface area contributed by atoms with Gasteiger partial charge in [-0.2, -0.15) is 10.5 Å². The molecule has 7 nitrogen and oxygen atoms in total. The number of piperazine rings is 1. The summed E-state index contributed by atoms with van der Waals surface area (Å²) in [6, 6.07) is 10.8. The Labute approximate surface area is 141 Å². The van der Waals surface area contributed by atoms with Gasteiger partial charge in [-0.05, 0) is 24.3 Å². The second-order valence-electron chi connectivity index (χ2n) is 5.43. The van der Waals surface area contributed by atoms with E-state index in [9.17, 15) is 10.1 Å². The first-order valence-corrected chi connectivity index (χ1v) is 7.76. The minimum Gasteiger partial charge on any atom is -0.360 e. The van der Waals surface area contributed by atoms with Crippen molar-refractivity contribution in [3.8, 4) is 12.1 Å². The highest BCUT2D eigenvalue weighted by Crippen LogP contribution is 2.11. The molecule has 1 aliphatic rings. The summed E-state index contributed by atoms with van der Waals surface area (Å²) in [5, 5.41) is 20.9. The van der Waals surface area contributed by atoms with Gasteiger partial charge in [-0.3, -0.25) is 9.69 Å². The molecule has 0 spiro atoms. The molecule has 0 unspecified atom stereocenters. The smallest absolute Gasteiger partial charge is 0.266 e. The molecule has 1 fully saturated rings. The van der Waals surface area contributed by atoms with Crippen LogP contribution in [0.5, 0.6) is 0 Å². The summed E-state index contributed by atoms with van der Waals surface area (Å²) in [6.45, 7) is 4.15. The Hall–Kier alpha value is -2.87. The Bertz CT molecular complexity index is 675. The molecule has 1 aliphatic heterocycles. The quantitative estimate of drug-likeness (QED) is 0.602. The maximum Gasteiger partial charge on any atom is 0.266 e. The number of hydrogen-bond acceptors (Lipinski definition) is 6. The van der Waals surface area contributed by atoms with Gasteiger partial charge >= 0.3 is 0 Å². The normalized spacial score (nSPS) is 15.5. The highest BCUT2D eigenvalue weighted by atomic mass is 16.2. The van der Waals surface area contributed by atoms with Gasteiger partial charge in [0, 0.05) is 51.2 Å². The van der Waals surface area contributed by atoms with Crippen LogP contribution in [-0.2, 0) is 4.79 Å². The van der Waals surface area contributed by atoms with Gasteiger partial charge in [0.15, 0.2) is 0 Å². The molecule has 3 N–H and O–H groups in total. The van der Waals surface area contributed by atoms with E-state index in [2.05, 4.69) is 10.2 Å². The van der Waals surface area contributed by atoms with Crippen LogP contribution in [0.25, 0.3) is 0 Å². The minimum absolute atomic E-state index is 0.0617. The third-order valence-corrected chi connectivity index (χ3v) is 3.85. The van der Waals surface area contributed by atoms with Crippen LogP contribution in [0.2, 0.25) is 0 Å². The van der Waals surface area contributed by atoms with E-state index in [1.54, 1.807) is 29.2 Å². The van der Waals surface area contributed by atoms with Crippen molar-refractivity contribution < 1.29 is 4.79 Å². The molecular weight excluding hydrogens is 304 g/mol. The molecule has 0 radical (unpaired) electrons. The van der Waals surface area contributed by atoms with Crippen molar-refractivity contribution >= 4 is 11.6 Å². The highest BCUT2D eigenvalue weighted by molar-refractivity contribution is 5.97. The Balaban J connectivity index is 1.96. The van der Waals surface area contributed by atoms with Crippen LogP contribution in [0.4, 0.5) is 5.69 Å². The number of anilines is 1. The van der Waals surface area contributed by atoms with E-state index >= 15 is 0 Å². The second kappa shape index (κ2) is 8.68. The lowest BCUT2D eigenvalue weighted by atomic mass is 10.2. The number of nitrogens with two attached hydrogens (primary N) is 1. The molecule has 1 amide bonds. The molecule has 0 aromatic heterocycles. The SMILES string of the molecule is N#C/C(=C/Nc1ccc(C#N)cc1)C(=O)N1CCN(CCN)CC1. The number of nitrogens with one attached hydrogen (secondary N) is 1. The van der Waals surface area contributed by atoms with Gasteiger partial charge in [0.2, 0.25) is 0 Å². The van der Waals surface area contributed by atoms with Crippen LogP contribution in [0.15, 0.2) is 36.0 Å². The molecule has 7 heteroatoms. The molecular formula is C17H20N6O. The Morgan fingerprint density at radius 1 is 1.21 bits per heavy atom. The number of rotatable bonds is 5. The summed E-state index contributed by atoms with van der Waals surface area (Å²) < 4.78 is 0. The third kappa shape index (κ3) is 4.56. The van der Waals surface area contributed by atoms with Gasteiger partial charge in [-0.1, -0.05) is 0 Å². The van der Waals surface area contributed by atoms with E-state index in [-0.39, 0.29) is 11.5 Å². The first-order chi connectivity index (χ1) is 11.7. The van der Waals surface area contributed by atoms with Crippen LogP contribution in [-0.4, -0.2) is 55.0 Å². The van der Waals surface area contributed by atoms with Gasteiger partial charge in [0.25, 0.3) is 5.91 Å². The molecule has 2 rings (SSSR count). The van der Waals surface area contributed by atoms with Crippen molar-refractivity contribution in [2.75, 3.05) is 44.6 Å². The summed E-state index contributed by atoms with van der Waals surface area (Å²) in [6.07, 6.45) is 1.41. The van der Waals surface area contributed by atoms with Gasteiger partial charge in [-0.15, -0.1) is 0 Å². The minimum atomic E-state index is -0.272. The molecule has 24 heavy (non-hydrogen) atoms. The summed E-state index contributed by atoms with van der Waals surface area (Å²) >= 11 is 0. The summed E-state index contributed by atoms with van der Waals surface area (Å²) in [5.41, 5.74) is 6.86. The van der Waals surface area contributed by atoms with E-state index in [4.69, 9.17) is 11.0 Å². The maximum atomic E-state index is 12.4. The summed E-state index contributed by atoms with van der Waals surface area (Å²) in [4.78, 5) is 16.3. The van der Waals surface area contributed by atoms with E-state index in [0.29, 0.717) is 30.9 Å². The number of nitrogens with zero attached hydrogens (tertiary/aromatic N) is 4. The lowest BCUT2D eigenvalue weighted by Gasteiger charge is -2.34. The largest absolute Gasteiger partial charge is 0.360 e. The molecule has 0 aliphatic carbocycles. The third-order valence-electron chi connectivity index (χ3n) is 3.85. The van der Waals surface area contributed by atoms with Crippen molar-refractivity contribution in [2.45, 2.75) is 0 Å². The molecule has 0 atom stereocenters. The number of benzene rings is 1. The van der Waals surface area contributed by atoms with Crippen LogP contribution < -0.4 is 11.1 Å². The molecule has 124 valence electrons. The molecule has 0 bridgehead atoms. The molecule has 1 heterocycles. The molecule has 1 aromatic carbocycles. The summed E-state index contributed by atoms with van der Waals surface area (Å²) in [5.74, 6) is -0.272. The lowest BCUT2D eigenvalue weighted by molar-refractivity contribution is -0.128. The molecule has 1 aromatic rings. The Morgan fingerprint density at radius 3 is 2.42 bits per heavy atom. The fraction of sp³-hybridized carbons (Fsp3) is 0.353. The fourth-order valence-electron chi connectivity index (χ4n) is 2.47. The number of carbonyl (C=O) groups is 1. The zero-order chi connectivity index (χ0) is 17.4.